The van der Waals surface area contributed by atoms with Crippen molar-refractivity contribution >= 4 is 23.6 Å². The van der Waals surface area contributed by atoms with E-state index in [9.17, 15) is 9.59 Å². The van der Waals surface area contributed by atoms with E-state index < -0.39 is 0 Å². The summed E-state index contributed by atoms with van der Waals surface area (Å²) in [5.41, 5.74) is 2.23. The zero-order valence-corrected chi connectivity index (χ0v) is 18.5. The molecule has 2 unspecified atom stereocenters. The first-order valence-electron chi connectivity index (χ1n) is 10.6. The van der Waals surface area contributed by atoms with E-state index in [1.807, 2.05) is 61.2 Å². The minimum atomic E-state index is -0.0477. The smallest absolute Gasteiger partial charge is 0.236 e. The molecule has 1 heterocycles. The molecule has 1 aliphatic heterocycles. The fourth-order valence-corrected chi connectivity index (χ4v) is 4.66. The molecular formula is C24H30N2O3S. The fraction of sp³-hybridized carbons (Fsp3) is 0.417. The van der Waals surface area contributed by atoms with Gasteiger partial charge in [-0.1, -0.05) is 49.4 Å². The second kappa shape index (κ2) is 11.1. The van der Waals surface area contributed by atoms with Crippen molar-refractivity contribution in [2.24, 2.45) is 0 Å². The van der Waals surface area contributed by atoms with Crippen LogP contribution in [0.3, 0.4) is 0 Å². The zero-order valence-electron chi connectivity index (χ0n) is 17.7. The number of hydrogen-bond donors (Lipinski definition) is 1. The summed E-state index contributed by atoms with van der Waals surface area (Å²) in [6, 6.07) is 18.1. The summed E-state index contributed by atoms with van der Waals surface area (Å²) in [4.78, 5) is 26.3. The summed E-state index contributed by atoms with van der Waals surface area (Å²) in [6.45, 7) is 5.85. The third kappa shape index (κ3) is 6.02. The molecule has 0 bridgehead atoms. The highest BCUT2D eigenvalue weighted by atomic mass is 32.2. The van der Waals surface area contributed by atoms with E-state index in [-0.39, 0.29) is 22.4 Å². The highest BCUT2D eigenvalue weighted by molar-refractivity contribution is 8.01. The molecule has 0 aromatic heterocycles. The standard InChI is InChI=1S/C24H30N2O3S/c1-3-15-25-22(27)10-7-16-29-21-13-11-20(12-14-21)24-26(23(28)18(2)30-24)17-19-8-5-4-6-9-19/h4-6,8-9,11-14,18,24H,3,7,10,15-17H2,1-2H3,(H,25,27). The van der Waals surface area contributed by atoms with Crippen molar-refractivity contribution in [2.75, 3.05) is 13.2 Å². The van der Waals surface area contributed by atoms with E-state index >= 15 is 0 Å². The van der Waals surface area contributed by atoms with Crippen LogP contribution in [-0.4, -0.2) is 35.1 Å². The van der Waals surface area contributed by atoms with Crippen LogP contribution in [0, 0.1) is 0 Å². The molecule has 1 fully saturated rings. The molecule has 1 aliphatic rings. The lowest BCUT2D eigenvalue weighted by Gasteiger charge is -2.24. The lowest BCUT2D eigenvalue weighted by Crippen LogP contribution is -2.29. The summed E-state index contributed by atoms with van der Waals surface area (Å²) in [7, 11) is 0. The minimum Gasteiger partial charge on any atom is -0.494 e. The molecule has 2 aromatic carbocycles. The Hall–Kier alpha value is -2.47. The average molecular weight is 427 g/mol. The molecule has 0 radical (unpaired) electrons. The first kappa shape index (κ1) is 22.2. The van der Waals surface area contributed by atoms with Gasteiger partial charge in [-0.2, -0.15) is 0 Å². The number of amides is 2. The van der Waals surface area contributed by atoms with Crippen LogP contribution in [0.25, 0.3) is 0 Å². The third-order valence-corrected chi connectivity index (χ3v) is 6.39. The van der Waals surface area contributed by atoms with Crippen LogP contribution in [0.1, 0.15) is 49.6 Å². The molecule has 1 saturated heterocycles. The Kier molecular flexibility index (Phi) is 8.20. The van der Waals surface area contributed by atoms with Crippen LogP contribution in [0.5, 0.6) is 5.75 Å². The van der Waals surface area contributed by atoms with E-state index in [0.29, 0.717) is 26.0 Å². The van der Waals surface area contributed by atoms with E-state index in [1.165, 1.54) is 0 Å². The Morgan fingerprint density at radius 3 is 2.57 bits per heavy atom. The van der Waals surface area contributed by atoms with Crippen molar-refractivity contribution in [2.45, 2.75) is 50.3 Å². The number of nitrogens with one attached hydrogen (secondary N) is 1. The first-order valence-corrected chi connectivity index (χ1v) is 11.5. The van der Waals surface area contributed by atoms with Gasteiger partial charge in [0, 0.05) is 19.5 Å². The van der Waals surface area contributed by atoms with Crippen molar-refractivity contribution in [1.82, 2.24) is 10.2 Å². The van der Waals surface area contributed by atoms with Crippen molar-refractivity contribution in [3.05, 3.63) is 65.7 Å². The summed E-state index contributed by atoms with van der Waals surface area (Å²) in [5, 5.41) is 2.83. The second-order valence-electron chi connectivity index (χ2n) is 7.45. The van der Waals surface area contributed by atoms with Crippen LogP contribution in [0.4, 0.5) is 0 Å². The van der Waals surface area contributed by atoms with Gasteiger partial charge in [-0.15, -0.1) is 11.8 Å². The first-order chi connectivity index (χ1) is 14.6. The lowest BCUT2D eigenvalue weighted by atomic mass is 10.1. The quantitative estimate of drug-likeness (QED) is 0.567. The van der Waals surface area contributed by atoms with Crippen LogP contribution >= 0.6 is 11.8 Å². The van der Waals surface area contributed by atoms with Crippen molar-refractivity contribution < 1.29 is 14.3 Å². The number of nitrogens with zero attached hydrogens (tertiary/aromatic N) is 1. The largest absolute Gasteiger partial charge is 0.494 e. The molecule has 0 saturated carbocycles. The lowest BCUT2D eigenvalue weighted by molar-refractivity contribution is -0.130. The van der Waals surface area contributed by atoms with Gasteiger partial charge in [-0.05, 0) is 43.0 Å². The van der Waals surface area contributed by atoms with Gasteiger partial charge < -0.3 is 15.0 Å². The Balaban J connectivity index is 1.55. The molecule has 6 heteroatoms. The second-order valence-corrected chi connectivity index (χ2v) is 8.88. The molecule has 2 aromatic rings. The summed E-state index contributed by atoms with van der Waals surface area (Å²) in [6.07, 6.45) is 2.11. The van der Waals surface area contributed by atoms with Gasteiger partial charge in [-0.3, -0.25) is 9.59 Å². The van der Waals surface area contributed by atoms with Crippen molar-refractivity contribution in [1.29, 1.82) is 0 Å². The van der Waals surface area contributed by atoms with Gasteiger partial charge >= 0.3 is 0 Å². The topological polar surface area (TPSA) is 58.6 Å². The maximum atomic E-state index is 12.7. The molecule has 0 aliphatic carbocycles. The average Bonchev–Trinajstić information content (AvgIpc) is 3.05. The van der Waals surface area contributed by atoms with Gasteiger partial charge in [0.15, 0.2) is 0 Å². The molecule has 1 N–H and O–H groups in total. The van der Waals surface area contributed by atoms with Crippen LogP contribution < -0.4 is 10.1 Å². The molecule has 160 valence electrons. The molecule has 2 amide bonds. The third-order valence-electron chi connectivity index (χ3n) is 5.00. The number of carbonyl (C=O) groups excluding carboxylic acids is 2. The maximum Gasteiger partial charge on any atom is 0.236 e. The fourth-order valence-electron chi connectivity index (χ4n) is 3.38. The Bertz CT molecular complexity index is 826. The number of hydrogen-bond acceptors (Lipinski definition) is 4. The van der Waals surface area contributed by atoms with Crippen LogP contribution in [-0.2, 0) is 16.1 Å². The van der Waals surface area contributed by atoms with Gasteiger partial charge in [0.25, 0.3) is 0 Å². The summed E-state index contributed by atoms with van der Waals surface area (Å²) >= 11 is 1.68. The Labute approximate surface area is 183 Å². The molecule has 2 atom stereocenters. The van der Waals surface area contributed by atoms with E-state index in [2.05, 4.69) is 17.4 Å². The predicted molar refractivity (Wildman–Crippen MR) is 121 cm³/mol. The van der Waals surface area contributed by atoms with Crippen molar-refractivity contribution in [3.63, 3.8) is 0 Å². The minimum absolute atomic E-state index is 0.00372. The number of rotatable bonds is 10. The van der Waals surface area contributed by atoms with Crippen LogP contribution in [0.15, 0.2) is 54.6 Å². The van der Waals surface area contributed by atoms with Crippen molar-refractivity contribution in [3.8, 4) is 5.75 Å². The molecule has 30 heavy (non-hydrogen) atoms. The van der Waals surface area contributed by atoms with Crippen LogP contribution in [0.2, 0.25) is 0 Å². The van der Waals surface area contributed by atoms with E-state index in [4.69, 9.17) is 4.74 Å². The summed E-state index contributed by atoms with van der Waals surface area (Å²) < 4.78 is 5.78. The van der Waals surface area contributed by atoms with Gasteiger partial charge in [0.05, 0.1) is 11.9 Å². The number of benzene rings is 2. The Morgan fingerprint density at radius 1 is 1.13 bits per heavy atom. The van der Waals surface area contributed by atoms with Gasteiger partial charge in [0.1, 0.15) is 11.1 Å². The highest BCUT2D eigenvalue weighted by Crippen LogP contribution is 2.43. The predicted octanol–water partition coefficient (Wildman–Crippen LogP) is 4.53. The highest BCUT2D eigenvalue weighted by Gasteiger charge is 2.38. The number of carbonyl (C=O) groups is 2. The number of thioether (sulfide) groups is 1. The number of ether oxygens (including phenoxy) is 1. The normalized spacial score (nSPS) is 18.5. The molecular weight excluding hydrogens is 396 g/mol. The molecule has 3 rings (SSSR count). The SMILES string of the molecule is CCCNC(=O)CCCOc1ccc(C2SC(C)C(=O)N2Cc2ccccc2)cc1. The van der Waals surface area contributed by atoms with Gasteiger partial charge in [0.2, 0.25) is 11.8 Å². The van der Waals surface area contributed by atoms with Gasteiger partial charge in [-0.25, -0.2) is 0 Å². The zero-order chi connectivity index (χ0) is 21.3. The maximum absolute atomic E-state index is 12.7. The summed E-state index contributed by atoms with van der Waals surface area (Å²) in [5.74, 6) is 1.03. The molecule has 5 nitrogen and oxygen atoms in total. The molecule has 0 spiro atoms. The Morgan fingerprint density at radius 2 is 1.87 bits per heavy atom. The van der Waals surface area contributed by atoms with E-state index in [1.54, 1.807) is 11.8 Å². The van der Waals surface area contributed by atoms with E-state index in [0.717, 1.165) is 29.8 Å². The monoisotopic (exact) mass is 426 g/mol.